The molecule has 130 valence electrons. The maximum atomic E-state index is 11.6. The molecule has 1 heterocycles. The van der Waals surface area contributed by atoms with Crippen molar-refractivity contribution in [2.75, 3.05) is 0 Å². The second-order valence-electron chi connectivity index (χ2n) is 5.30. The lowest BCUT2D eigenvalue weighted by Gasteiger charge is -2.07. The van der Waals surface area contributed by atoms with Crippen molar-refractivity contribution in [3.8, 4) is 17.2 Å². The molecule has 0 radical (unpaired) electrons. The van der Waals surface area contributed by atoms with Crippen LogP contribution >= 0.6 is 0 Å². The van der Waals surface area contributed by atoms with E-state index in [0.29, 0.717) is 0 Å². The van der Waals surface area contributed by atoms with Gasteiger partial charge in [0.25, 0.3) is 5.56 Å². The van der Waals surface area contributed by atoms with Crippen LogP contribution in [0.4, 0.5) is 0 Å². The van der Waals surface area contributed by atoms with E-state index in [1.165, 1.54) is 6.07 Å². The predicted octanol–water partition coefficient (Wildman–Crippen LogP) is 2.28. The largest absolute Gasteiger partial charge is 0.508 e. The highest BCUT2D eigenvalue weighted by Crippen LogP contribution is 2.21. The van der Waals surface area contributed by atoms with E-state index in [4.69, 9.17) is 15.3 Å². The van der Waals surface area contributed by atoms with Gasteiger partial charge in [-0.1, -0.05) is 18.2 Å². The number of aromatic nitrogens is 2. The molecule has 0 aliphatic rings. The van der Waals surface area contributed by atoms with E-state index in [9.17, 15) is 9.59 Å². The Morgan fingerprint density at radius 1 is 1.00 bits per heavy atom. The first-order chi connectivity index (χ1) is 11.8. The maximum absolute atomic E-state index is 11.6. The first-order valence-corrected chi connectivity index (χ1v) is 7.37. The molecule has 0 saturated carbocycles. The van der Waals surface area contributed by atoms with Crippen molar-refractivity contribution in [2.45, 2.75) is 6.92 Å². The van der Waals surface area contributed by atoms with Crippen molar-refractivity contribution in [1.29, 1.82) is 0 Å². The number of phenolic OH excluding ortho intramolecular Hbond substituents is 1. The molecule has 3 rings (SSSR count). The van der Waals surface area contributed by atoms with E-state index in [2.05, 4.69) is 0 Å². The lowest BCUT2D eigenvalue weighted by atomic mass is 10.2. The quantitative estimate of drug-likeness (QED) is 0.620. The zero-order valence-corrected chi connectivity index (χ0v) is 13.7. The zero-order valence-electron chi connectivity index (χ0n) is 13.7. The average Bonchev–Trinajstić information content (AvgIpc) is 2.83. The van der Waals surface area contributed by atoms with Crippen LogP contribution in [0.2, 0.25) is 0 Å². The van der Waals surface area contributed by atoms with Gasteiger partial charge in [-0.05, 0) is 37.3 Å². The Bertz CT molecular complexity index is 942. The smallest absolute Gasteiger partial charge is 0.339 e. The third-order valence-corrected chi connectivity index (χ3v) is 3.56. The summed E-state index contributed by atoms with van der Waals surface area (Å²) >= 11 is 0. The SMILES string of the molecule is Cc1cc(=O)n(-c2ccccc2)n1C.O=C(O)c1cc(O)ccc1O. The van der Waals surface area contributed by atoms with Gasteiger partial charge >= 0.3 is 5.97 Å². The van der Waals surface area contributed by atoms with Gasteiger partial charge in [0.2, 0.25) is 0 Å². The van der Waals surface area contributed by atoms with Crippen molar-refractivity contribution in [1.82, 2.24) is 9.36 Å². The molecule has 0 aliphatic carbocycles. The molecule has 2 aromatic carbocycles. The molecule has 1 aromatic heterocycles. The Balaban J connectivity index is 0.000000186. The van der Waals surface area contributed by atoms with Crippen molar-refractivity contribution in [2.24, 2.45) is 7.05 Å². The minimum Gasteiger partial charge on any atom is -0.508 e. The first kappa shape index (κ1) is 17.9. The van der Waals surface area contributed by atoms with Crippen LogP contribution in [0.3, 0.4) is 0 Å². The highest BCUT2D eigenvalue weighted by molar-refractivity contribution is 5.91. The Labute approximate surface area is 143 Å². The minimum absolute atomic E-state index is 0.0104. The Kier molecular flexibility index (Phi) is 5.28. The van der Waals surface area contributed by atoms with E-state index >= 15 is 0 Å². The summed E-state index contributed by atoms with van der Waals surface area (Å²) in [4.78, 5) is 21.9. The molecule has 7 heteroatoms. The number of aromatic hydroxyl groups is 2. The molecular weight excluding hydrogens is 324 g/mol. The molecular formula is C18H18N2O5. The van der Waals surface area contributed by atoms with E-state index in [0.717, 1.165) is 23.5 Å². The summed E-state index contributed by atoms with van der Waals surface area (Å²) in [6.45, 7) is 1.92. The third kappa shape index (κ3) is 4.08. The predicted molar refractivity (Wildman–Crippen MR) is 92.5 cm³/mol. The molecule has 25 heavy (non-hydrogen) atoms. The molecule has 0 spiro atoms. The second kappa shape index (κ2) is 7.39. The van der Waals surface area contributed by atoms with Crippen LogP contribution in [0, 0.1) is 6.92 Å². The van der Waals surface area contributed by atoms with Gasteiger partial charge in [0.15, 0.2) is 0 Å². The van der Waals surface area contributed by atoms with Crippen molar-refractivity contribution in [3.05, 3.63) is 76.2 Å². The molecule has 3 aromatic rings. The number of aryl methyl sites for hydroxylation is 1. The lowest BCUT2D eigenvalue weighted by molar-refractivity contribution is 0.0693. The van der Waals surface area contributed by atoms with Crippen LogP contribution in [0.1, 0.15) is 16.1 Å². The molecule has 3 N–H and O–H groups in total. The fourth-order valence-corrected chi connectivity index (χ4v) is 2.20. The van der Waals surface area contributed by atoms with Crippen LogP contribution < -0.4 is 5.56 Å². The first-order valence-electron chi connectivity index (χ1n) is 7.37. The van der Waals surface area contributed by atoms with Crippen molar-refractivity contribution < 1.29 is 20.1 Å². The van der Waals surface area contributed by atoms with Gasteiger partial charge in [-0.2, -0.15) is 0 Å². The van der Waals surface area contributed by atoms with E-state index in [1.807, 2.05) is 49.0 Å². The highest BCUT2D eigenvalue weighted by atomic mass is 16.4. The van der Waals surface area contributed by atoms with E-state index in [-0.39, 0.29) is 22.6 Å². The summed E-state index contributed by atoms with van der Waals surface area (Å²) in [5.41, 5.74) is 1.56. The fourth-order valence-electron chi connectivity index (χ4n) is 2.20. The number of nitrogens with zero attached hydrogens (tertiary/aromatic N) is 2. The summed E-state index contributed by atoms with van der Waals surface area (Å²) in [5.74, 6) is -1.80. The second-order valence-corrected chi connectivity index (χ2v) is 5.30. The molecule has 0 saturated heterocycles. The van der Waals surface area contributed by atoms with Crippen LogP contribution in [-0.2, 0) is 7.05 Å². The number of hydrogen-bond donors (Lipinski definition) is 3. The van der Waals surface area contributed by atoms with Gasteiger partial charge in [0.1, 0.15) is 17.1 Å². The topological polar surface area (TPSA) is 105 Å². The normalized spacial score (nSPS) is 10.0. The van der Waals surface area contributed by atoms with E-state index in [1.54, 1.807) is 10.7 Å². The number of rotatable bonds is 2. The summed E-state index contributed by atoms with van der Waals surface area (Å²) in [6.07, 6.45) is 0. The fraction of sp³-hybridized carbons (Fsp3) is 0.111. The average molecular weight is 342 g/mol. The van der Waals surface area contributed by atoms with Gasteiger partial charge in [-0.3, -0.25) is 9.48 Å². The van der Waals surface area contributed by atoms with Crippen molar-refractivity contribution in [3.63, 3.8) is 0 Å². The number of hydrogen-bond acceptors (Lipinski definition) is 4. The van der Waals surface area contributed by atoms with Crippen LogP contribution in [0.25, 0.3) is 5.69 Å². The number of benzene rings is 2. The van der Waals surface area contributed by atoms with Crippen LogP contribution in [0.15, 0.2) is 59.4 Å². The van der Waals surface area contributed by atoms with Gasteiger partial charge in [-0.25, -0.2) is 9.48 Å². The summed E-state index contributed by atoms with van der Waals surface area (Å²) in [6, 6.07) is 14.6. The minimum atomic E-state index is -1.27. The number of carboxylic acids is 1. The number of para-hydroxylation sites is 1. The molecule has 0 unspecified atom stereocenters. The zero-order chi connectivity index (χ0) is 18.6. The summed E-state index contributed by atoms with van der Waals surface area (Å²) in [7, 11) is 1.88. The Morgan fingerprint density at radius 3 is 2.12 bits per heavy atom. The summed E-state index contributed by atoms with van der Waals surface area (Å²) < 4.78 is 3.49. The number of carboxylic acid groups (broad SMARTS) is 1. The van der Waals surface area contributed by atoms with Gasteiger partial charge in [-0.15, -0.1) is 0 Å². The van der Waals surface area contributed by atoms with Gasteiger partial charge in [0.05, 0.1) is 5.69 Å². The van der Waals surface area contributed by atoms with Crippen molar-refractivity contribution >= 4 is 5.97 Å². The lowest BCUT2D eigenvalue weighted by Crippen LogP contribution is -2.18. The molecule has 0 bridgehead atoms. The van der Waals surface area contributed by atoms with Gasteiger partial charge in [0, 0.05) is 18.8 Å². The van der Waals surface area contributed by atoms with E-state index < -0.39 is 5.97 Å². The molecule has 7 nitrogen and oxygen atoms in total. The Morgan fingerprint density at radius 2 is 1.64 bits per heavy atom. The molecule has 0 atom stereocenters. The van der Waals surface area contributed by atoms with Crippen LogP contribution in [0.5, 0.6) is 11.5 Å². The highest BCUT2D eigenvalue weighted by Gasteiger charge is 2.09. The molecule has 0 fully saturated rings. The van der Waals surface area contributed by atoms with Gasteiger partial charge < -0.3 is 15.3 Å². The summed E-state index contributed by atoms with van der Waals surface area (Å²) in [5, 5.41) is 26.1. The van der Waals surface area contributed by atoms with Crippen LogP contribution in [-0.4, -0.2) is 30.7 Å². The third-order valence-electron chi connectivity index (χ3n) is 3.56. The number of phenols is 2. The monoisotopic (exact) mass is 342 g/mol. The standard InChI is InChI=1S/C11H12N2O.C7H6O4/c1-9-8-11(14)13(12(9)2)10-6-4-3-5-7-10;8-4-1-2-6(9)5(3-4)7(10)11/h3-8H,1-2H3;1-3,8-9H,(H,10,11). The molecule has 0 amide bonds. The molecule has 0 aliphatic heterocycles. The number of carbonyl (C=O) groups is 1. The number of aromatic carboxylic acids is 1. The Hall–Kier alpha value is -3.48. The maximum Gasteiger partial charge on any atom is 0.339 e.